The molecule has 2 N–H and O–H groups in total. The normalized spacial score (nSPS) is 20.8. The van der Waals surface area contributed by atoms with Gasteiger partial charge in [-0.2, -0.15) is 5.10 Å². The SMILES string of the molecule is C[C@@]1(F)CCN(c2cc(-c3c[nH]c(=O)[nH]c3=O)nn3ccnc23)C1. The highest BCUT2D eigenvalue weighted by Gasteiger charge is 2.34. The number of hydrogen-bond donors (Lipinski definition) is 2. The summed E-state index contributed by atoms with van der Waals surface area (Å²) in [7, 11) is 0. The standard InChI is InChI=1S/C15H15FN6O2/c1-15(16)2-4-21(8-15)11-6-10(20-22-5-3-17-12(11)22)9-7-18-14(24)19-13(9)23/h3,5-7H,2,4,8H2,1H3,(H2,18,19,23,24)/t15-/m1/s1. The summed E-state index contributed by atoms with van der Waals surface area (Å²) in [5, 5.41) is 4.36. The summed E-state index contributed by atoms with van der Waals surface area (Å²) in [4.78, 5) is 34.0. The van der Waals surface area contributed by atoms with Crippen LogP contribution in [-0.2, 0) is 0 Å². The number of fused-ring (bicyclic) bond motifs is 1. The third-order valence-corrected chi connectivity index (χ3v) is 4.20. The Morgan fingerprint density at radius 1 is 1.38 bits per heavy atom. The molecule has 1 fully saturated rings. The maximum atomic E-state index is 14.2. The number of nitrogens with zero attached hydrogens (tertiary/aromatic N) is 4. The van der Waals surface area contributed by atoms with E-state index in [2.05, 4.69) is 20.1 Å². The van der Waals surface area contributed by atoms with Crippen molar-refractivity contribution in [1.82, 2.24) is 24.6 Å². The molecule has 0 bridgehead atoms. The van der Waals surface area contributed by atoms with E-state index in [1.807, 2.05) is 4.90 Å². The van der Waals surface area contributed by atoms with E-state index in [0.717, 1.165) is 0 Å². The largest absolute Gasteiger partial charge is 0.365 e. The highest BCUT2D eigenvalue weighted by Crippen LogP contribution is 2.32. The van der Waals surface area contributed by atoms with Crippen molar-refractivity contribution in [2.45, 2.75) is 19.0 Å². The van der Waals surface area contributed by atoms with Crippen molar-refractivity contribution in [2.24, 2.45) is 0 Å². The molecule has 1 aliphatic heterocycles. The Kier molecular flexibility index (Phi) is 3.05. The Balaban J connectivity index is 1.89. The van der Waals surface area contributed by atoms with E-state index in [9.17, 15) is 14.0 Å². The summed E-state index contributed by atoms with van der Waals surface area (Å²) >= 11 is 0. The fraction of sp³-hybridized carbons (Fsp3) is 0.333. The zero-order chi connectivity index (χ0) is 16.9. The average Bonchev–Trinajstić information content (AvgIpc) is 3.12. The summed E-state index contributed by atoms with van der Waals surface area (Å²) in [6.45, 7) is 2.38. The van der Waals surface area contributed by atoms with Crippen LogP contribution in [0.3, 0.4) is 0 Å². The number of anilines is 1. The molecule has 1 atom stereocenters. The zero-order valence-electron chi connectivity index (χ0n) is 12.9. The van der Waals surface area contributed by atoms with E-state index < -0.39 is 16.9 Å². The van der Waals surface area contributed by atoms with Crippen LogP contribution in [0.5, 0.6) is 0 Å². The molecule has 124 valence electrons. The van der Waals surface area contributed by atoms with Crippen LogP contribution < -0.4 is 16.1 Å². The molecule has 24 heavy (non-hydrogen) atoms. The molecular formula is C15H15FN6O2. The zero-order valence-corrected chi connectivity index (χ0v) is 12.9. The quantitative estimate of drug-likeness (QED) is 0.721. The van der Waals surface area contributed by atoms with Gasteiger partial charge >= 0.3 is 5.69 Å². The van der Waals surface area contributed by atoms with E-state index in [1.165, 1.54) is 6.20 Å². The number of aromatic nitrogens is 5. The van der Waals surface area contributed by atoms with E-state index in [-0.39, 0.29) is 12.1 Å². The van der Waals surface area contributed by atoms with E-state index in [1.54, 1.807) is 29.9 Å². The Morgan fingerprint density at radius 3 is 2.92 bits per heavy atom. The number of nitrogens with one attached hydrogen (secondary N) is 2. The molecule has 8 nitrogen and oxygen atoms in total. The molecule has 1 aliphatic rings. The van der Waals surface area contributed by atoms with Crippen molar-refractivity contribution in [2.75, 3.05) is 18.0 Å². The first-order valence-corrected chi connectivity index (χ1v) is 7.54. The molecule has 4 heterocycles. The molecule has 0 unspecified atom stereocenters. The monoisotopic (exact) mass is 330 g/mol. The van der Waals surface area contributed by atoms with Gasteiger partial charge in [0.05, 0.1) is 17.8 Å². The summed E-state index contributed by atoms with van der Waals surface area (Å²) in [6, 6.07) is 1.70. The topological polar surface area (TPSA) is 99.2 Å². The van der Waals surface area contributed by atoms with Gasteiger partial charge in [0.25, 0.3) is 5.56 Å². The van der Waals surface area contributed by atoms with Crippen LogP contribution in [0.4, 0.5) is 10.1 Å². The van der Waals surface area contributed by atoms with Crippen molar-refractivity contribution < 1.29 is 4.39 Å². The van der Waals surface area contributed by atoms with Gasteiger partial charge in [0.1, 0.15) is 11.4 Å². The van der Waals surface area contributed by atoms with Crippen molar-refractivity contribution in [1.29, 1.82) is 0 Å². The molecule has 1 saturated heterocycles. The second kappa shape index (κ2) is 5.02. The van der Waals surface area contributed by atoms with Crippen LogP contribution in [0.15, 0.2) is 34.2 Å². The van der Waals surface area contributed by atoms with Crippen LogP contribution in [0.1, 0.15) is 13.3 Å². The molecule has 3 aromatic heterocycles. The van der Waals surface area contributed by atoms with Crippen molar-refractivity contribution in [3.05, 3.63) is 45.5 Å². The van der Waals surface area contributed by atoms with Gasteiger partial charge in [-0.05, 0) is 13.0 Å². The second-order valence-corrected chi connectivity index (χ2v) is 6.18. The summed E-state index contributed by atoms with van der Waals surface area (Å²) < 4.78 is 15.8. The number of halogens is 1. The van der Waals surface area contributed by atoms with Crippen LogP contribution in [0.25, 0.3) is 16.9 Å². The van der Waals surface area contributed by atoms with Crippen LogP contribution >= 0.6 is 0 Å². The molecule has 0 amide bonds. The van der Waals surface area contributed by atoms with E-state index >= 15 is 0 Å². The van der Waals surface area contributed by atoms with Gasteiger partial charge in [-0.1, -0.05) is 0 Å². The molecular weight excluding hydrogens is 315 g/mol. The van der Waals surface area contributed by atoms with E-state index in [4.69, 9.17) is 0 Å². The lowest BCUT2D eigenvalue weighted by atomic mass is 10.1. The Morgan fingerprint density at radius 2 is 2.21 bits per heavy atom. The average molecular weight is 330 g/mol. The molecule has 0 saturated carbocycles. The molecule has 0 aliphatic carbocycles. The summed E-state index contributed by atoms with van der Waals surface area (Å²) in [5.74, 6) is 0. The van der Waals surface area contributed by atoms with Crippen molar-refractivity contribution >= 4 is 11.3 Å². The van der Waals surface area contributed by atoms with Crippen molar-refractivity contribution in [3.63, 3.8) is 0 Å². The highest BCUT2D eigenvalue weighted by atomic mass is 19.1. The summed E-state index contributed by atoms with van der Waals surface area (Å²) in [6.07, 6.45) is 5.00. The Hall–Kier alpha value is -2.97. The number of H-pyrrole nitrogens is 2. The minimum atomic E-state index is -1.26. The number of alkyl halides is 1. The first-order valence-electron chi connectivity index (χ1n) is 7.54. The number of rotatable bonds is 2. The third kappa shape index (κ3) is 2.38. The van der Waals surface area contributed by atoms with Gasteiger partial charge in [0.2, 0.25) is 0 Å². The molecule has 0 aromatic carbocycles. The van der Waals surface area contributed by atoms with Gasteiger partial charge in [-0.25, -0.2) is 18.7 Å². The van der Waals surface area contributed by atoms with Gasteiger partial charge in [0.15, 0.2) is 5.65 Å². The lowest BCUT2D eigenvalue weighted by molar-refractivity contribution is 0.221. The predicted octanol–water partition coefficient (Wildman–Crippen LogP) is 0.711. The lowest BCUT2D eigenvalue weighted by Gasteiger charge is -2.20. The number of imidazole rings is 1. The molecule has 0 spiro atoms. The van der Waals surface area contributed by atoms with Gasteiger partial charge in [0, 0.05) is 31.6 Å². The maximum absolute atomic E-state index is 14.2. The van der Waals surface area contributed by atoms with E-state index in [0.29, 0.717) is 30.0 Å². The smallest absolute Gasteiger partial charge is 0.325 e. The first-order chi connectivity index (χ1) is 11.4. The van der Waals surface area contributed by atoms with Crippen LogP contribution in [0.2, 0.25) is 0 Å². The fourth-order valence-electron chi connectivity index (χ4n) is 2.99. The van der Waals surface area contributed by atoms with Crippen molar-refractivity contribution in [3.8, 4) is 11.3 Å². The van der Waals surface area contributed by atoms with Gasteiger partial charge < -0.3 is 9.88 Å². The highest BCUT2D eigenvalue weighted by molar-refractivity contribution is 5.74. The summed E-state index contributed by atoms with van der Waals surface area (Å²) in [5.41, 5.74) is -0.472. The minimum Gasteiger partial charge on any atom is -0.365 e. The van der Waals surface area contributed by atoms with Crippen LogP contribution in [-0.4, -0.2) is 43.3 Å². The number of hydrogen-bond acceptors (Lipinski definition) is 5. The molecule has 3 aromatic rings. The lowest BCUT2D eigenvalue weighted by Crippen LogP contribution is -2.27. The van der Waals surface area contributed by atoms with Crippen LogP contribution in [0, 0.1) is 0 Å². The Bertz CT molecular complexity index is 1030. The minimum absolute atomic E-state index is 0.230. The molecule has 4 rings (SSSR count). The number of aromatic amines is 2. The predicted molar refractivity (Wildman–Crippen MR) is 86.0 cm³/mol. The molecule has 0 radical (unpaired) electrons. The molecule has 9 heteroatoms. The van der Waals surface area contributed by atoms with Gasteiger partial charge in [-0.15, -0.1) is 0 Å². The third-order valence-electron chi connectivity index (χ3n) is 4.20. The maximum Gasteiger partial charge on any atom is 0.325 e. The fourth-order valence-corrected chi connectivity index (χ4v) is 2.99. The van der Waals surface area contributed by atoms with Gasteiger partial charge in [-0.3, -0.25) is 9.78 Å². The first kappa shape index (κ1) is 14.6. The second-order valence-electron chi connectivity index (χ2n) is 6.18. The Labute approximate surface area is 135 Å².